The van der Waals surface area contributed by atoms with E-state index in [-0.39, 0.29) is 36.8 Å². The third kappa shape index (κ3) is 28.3. The molecule has 0 fully saturated rings. The quantitative estimate of drug-likeness (QED) is 0.0292. The average Bonchev–Trinajstić information content (AvgIpc) is 3.40. The molecule has 0 unspecified atom stereocenters. The van der Waals surface area contributed by atoms with Gasteiger partial charge in [0.05, 0.1) is 45.1 Å². The summed E-state index contributed by atoms with van der Waals surface area (Å²) in [5.74, 6) is -19.4. The van der Waals surface area contributed by atoms with Crippen LogP contribution in [-0.2, 0) is 78.3 Å². The number of aliphatic hydroxyl groups excluding tert-OH is 2. The van der Waals surface area contributed by atoms with Crippen molar-refractivity contribution in [1.29, 1.82) is 0 Å². The first-order valence-corrected chi connectivity index (χ1v) is 25.7. The summed E-state index contributed by atoms with van der Waals surface area (Å²) in [5.41, 5.74) is 16.2. The van der Waals surface area contributed by atoms with Crippen LogP contribution in [0.15, 0.2) is 24.3 Å². The molecule has 0 aliphatic heterocycles. The number of aliphatic hydroxyl groups is 2. The van der Waals surface area contributed by atoms with Gasteiger partial charge in [-0.2, -0.15) is 0 Å². The highest BCUT2D eigenvalue weighted by molar-refractivity contribution is 5.99. The SMILES string of the molecule is CC(C)C[C@H](NC(=O)CNC(=O)[C@H](CC(=O)O)NC(=O)[C@H](CO)NC(=O)[C@H](CC(=O)O)NC(=O)[C@H](CC(C)C)NC(=O)CNC(=O)[C@@H](N)[C@@H](C)O)C(=O)N[C@@H](Cc1ccc(O)cc1)C(=O)N[C@@H](CCC(N)=O)C(=O)N[C@@H](CC(N)=O)C(=O)O. The molecule has 0 aliphatic rings. The van der Waals surface area contributed by atoms with Crippen molar-refractivity contribution >= 4 is 88.8 Å². The van der Waals surface area contributed by atoms with E-state index in [1.807, 2.05) is 16.0 Å². The molecule has 0 saturated heterocycles. The van der Waals surface area contributed by atoms with Crippen LogP contribution in [0, 0.1) is 11.8 Å². The lowest BCUT2D eigenvalue weighted by atomic mass is 10.0. The maximum Gasteiger partial charge on any atom is 0.326 e. The third-order valence-corrected chi connectivity index (χ3v) is 11.6. The van der Waals surface area contributed by atoms with Gasteiger partial charge in [-0.3, -0.25) is 67.1 Å². The van der Waals surface area contributed by atoms with Crippen LogP contribution < -0.4 is 70.4 Å². The van der Waals surface area contributed by atoms with Gasteiger partial charge in [-0.15, -0.1) is 0 Å². The van der Waals surface area contributed by atoms with Gasteiger partial charge in [-0.1, -0.05) is 39.8 Å². The van der Waals surface area contributed by atoms with E-state index in [4.69, 9.17) is 17.2 Å². The topological polar surface area (TPSA) is 576 Å². The van der Waals surface area contributed by atoms with Crippen LogP contribution in [0.2, 0.25) is 0 Å². The molecule has 12 amide bonds. The van der Waals surface area contributed by atoms with E-state index < -0.39 is 201 Å². The number of amides is 12. The van der Waals surface area contributed by atoms with Crippen molar-refractivity contribution in [2.45, 2.75) is 146 Å². The first kappa shape index (κ1) is 72.0. The summed E-state index contributed by atoms with van der Waals surface area (Å²) in [6, 6.07) is -10.4. The number of hydrogen-bond acceptors (Lipinski definition) is 19. The van der Waals surface area contributed by atoms with Gasteiger partial charge in [-0.25, -0.2) is 4.79 Å². The van der Waals surface area contributed by atoms with Gasteiger partial charge in [0.2, 0.25) is 70.9 Å². The largest absolute Gasteiger partial charge is 0.508 e. The molecule has 462 valence electrons. The predicted molar refractivity (Wildman–Crippen MR) is 283 cm³/mol. The van der Waals surface area contributed by atoms with Gasteiger partial charge in [0.15, 0.2) is 0 Å². The number of hydrogen-bond donors (Lipinski definition) is 19. The van der Waals surface area contributed by atoms with Crippen molar-refractivity contribution in [3.05, 3.63) is 29.8 Å². The maximum atomic E-state index is 14.0. The van der Waals surface area contributed by atoms with Gasteiger partial charge in [-0.05, 0) is 55.7 Å². The van der Waals surface area contributed by atoms with E-state index in [1.165, 1.54) is 31.2 Å². The molecule has 1 aromatic carbocycles. The van der Waals surface area contributed by atoms with Gasteiger partial charge < -0.3 is 101 Å². The van der Waals surface area contributed by atoms with Crippen molar-refractivity contribution in [3.8, 4) is 5.75 Å². The number of phenolic OH excluding ortho intramolecular Hbond substituents is 1. The Morgan fingerprint density at radius 1 is 0.470 bits per heavy atom. The van der Waals surface area contributed by atoms with Crippen molar-refractivity contribution in [2.24, 2.45) is 29.0 Å². The van der Waals surface area contributed by atoms with Crippen LogP contribution in [0.25, 0.3) is 0 Å². The Hall–Kier alpha value is -9.05. The zero-order chi connectivity index (χ0) is 63.4. The number of carbonyl (C=O) groups is 15. The van der Waals surface area contributed by atoms with E-state index in [1.54, 1.807) is 27.7 Å². The van der Waals surface area contributed by atoms with Crippen molar-refractivity contribution < 1.29 is 103 Å². The molecule has 10 atom stereocenters. The zero-order valence-electron chi connectivity index (χ0n) is 46.1. The number of nitrogens with one attached hydrogen (secondary N) is 10. The highest BCUT2D eigenvalue weighted by Gasteiger charge is 2.36. The van der Waals surface area contributed by atoms with E-state index in [0.29, 0.717) is 5.56 Å². The molecule has 0 bridgehead atoms. The van der Waals surface area contributed by atoms with Gasteiger partial charge >= 0.3 is 17.9 Å². The lowest BCUT2D eigenvalue weighted by Gasteiger charge is -2.27. The molecule has 22 N–H and O–H groups in total. The minimum absolute atomic E-state index is 0.0918. The molecule has 0 saturated carbocycles. The number of primary amides is 2. The van der Waals surface area contributed by atoms with Crippen molar-refractivity contribution in [1.82, 2.24) is 53.2 Å². The second-order valence-electron chi connectivity index (χ2n) is 19.8. The summed E-state index contributed by atoms with van der Waals surface area (Å²) in [6.07, 6.45) is -6.05. The van der Waals surface area contributed by atoms with Gasteiger partial charge in [0.25, 0.3) is 0 Å². The van der Waals surface area contributed by atoms with Gasteiger partial charge in [0, 0.05) is 12.8 Å². The Balaban J connectivity index is 3.33. The summed E-state index contributed by atoms with van der Waals surface area (Å²) in [6.45, 7) is 4.82. The summed E-state index contributed by atoms with van der Waals surface area (Å²) in [5, 5.41) is 80.0. The van der Waals surface area contributed by atoms with Crippen molar-refractivity contribution in [2.75, 3.05) is 19.7 Å². The molecule has 0 heterocycles. The Morgan fingerprint density at radius 3 is 1.28 bits per heavy atom. The lowest BCUT2D eigenvalue weighted by Crippen LogP contribution is -2.60. The number of aromatic hydroxyl groups is 1. The minimum atomic E-state index is -2.06. The Labute approximate surface area is 474 Å². The van der Waals surface area contributed by atoms with E-state index in [0.717, 1.165) is 0 Å². The number of nitrogens with two attached hydrogens (primary N) is 3. The van der Waals surface area contributed by atoms with Crippen LogP contribution in [0.4, 0.5) is 0 Å². The van der Waals surface area contributed by atoms with Crippen LogP contribution in [0.3, 0.4) is 0 Å². The average molecular weight is 1180 g/mol. The second-order valence-corrected chi connectivity index (χ2v) is 19.8. The molecule has 34 nitrogen and oxygen atoms in total. The molecule has 0 aliphatic carbocycles. The monoisotopic (exact) mass is 1180 g/mol. The van der Waals surface area contributed by atoms with Crippen LogP contribution >= 0.6 is 0 Å². The molecule has 1 aromatic rings. The molecular formula is C49H75N13O21. The lowest BCUT2D eigenvalue weighted by molar-refractivity contribution is -0.144. The zero-order valence-corrected chi connectivity index (χ0v) is 46.1. The van der Waals surface area contributed by atoms with Crippen LogP contribution in [0.5, 0.6) is 5.75 Å². The maximum absolute atomic E-state index is 14.0. The number of aliphatic carboxylic acids is 3. The molecule has 0 spiro atoms. The molecule has 0 radical (unpaired) electrons. The van der Waals surface area contributed by atoms with Gasteiger partial charge in [0.1, 0.15) is 60.1 Å². The fraction of sp³-hybridized carbons (Fsp3) is 0.571. The molecule has 1 rings (SSSR count). The third-order valence-electron chi connectivity index (χ3n) is 11.6. The summed E-state index contributed by atoms with van der Waals surface area (Å²) >= 11 is 0. The number of carbonyl (C=O) groups excluding carboxylic acids is 12. The number of benzene rings is 1. The summed E-state index contributed by atoms with van der Waals surface area (Å²) < 4.78 is 0. The fourth-order valence-electron chi connectivity index (χ4n) is 7.32. The normalized spacial score (nSPS) is 14.6. The summed E-state index contributed by atoms with van der Waals surface area (Å²) in [4.78, 5) is 192. The number of carboxylic acids is 3. The highest BCUT2D eigenvalue weighted by atomic mass is 16.4. The predicted octanol–water partition coefficient (Wildman–Crippen LogP) is -7.99. The Bertz CT molecular complexity index is 2510. The molecule has 0 aromatic heterocycles. The summed E-state index contributed by atoms with van der Waals surface area (Å²) in [7, 11) is 0. The highest BCUT2D eigenvalue weighted by Crippen LogP contribution is 2.14. The van der Waals surface area contributed by atoms with E-state index in [9.17, 15) is 103 Å². The molecule has 83 heavy (non-hydrogen) atoms. The number of carboxylic acid groups (broad SMARTS) is 3. The molecule has 34 heteroatoms. The smallest absolute Gasteiger partial charge is 0.326 e. The fourth-order valence-corrected chi connectivity index (χ4v) is 7.32. The second kappa shape index (κ2) is 35.6. The van der Waals surface area contributed by atoms with Crippen molar-refractivity contribution in [3.63, 3.8) is 0 Å². The van der Waals surface area contributed by atoms with Crippen LogP contribution in [-0.4, -0.2) is 200 Å². The first-order chi connectivity index (χ1) is 38.6. The van der Waals surface area contributed by atoms with E-state index in [2.05, 4.69) is 37.2 Å². The Morgan fingerprint density at radius 2 is 0.855 bits per heavy atom. The number of phenols is 1. The first-order valence-electron chi connectivity index (χ1n) is 25.7. The standard InChI is InChI=1S/C49H75N13O21/c1-21(2)12-27(43(76)58-29(14-24-6-8-25(65)9-7-24)45(78)57-26(10-11-34(50)66)42(75)61-32(49(82)83)15-35(51)67)55-36(68)18-53-41(74)30(16-38(70)71)59-47(80)33(20-63)62-46(79)31(17-39(72)73)60-44(77)28(13-22(3)4)56-37(69)19-54-48(81)40(52)23(5)64/h6-9,21-23,26-33,40,63-65H,10-20,52H2,1-5H3,(H2,50,66)(H2,51,67)(H,53,74)(H,54,81)(H,55,68)(H,56,69)(H,57,78)(H,58,76)(H,59,80)(H,60,77)(H,61,75)(H,62,79)(H,70,71)(H,72,73)(H,82,83)/t23-,26+,27+,28+,29+,30+,31+,32+,33+,40+/m1/s1. The Kier molecular flexibility index (Phi) is 30.9. The van der Waals surface area contributed by atoms with Crippen LogP contribution in [0.1, 0.15) is 85.1 Å². The number of rotatable bonds is 38. The molecular weight excluding hydrogens is 1110 g/mol. The van der Waals surface area contributed by atoms with E-state index >= 15 is 0 Å². The minimum Gasteiger partial charge on any atom is -0.508 e.